The van der Waals surface area contributed by atoms with Gasteiger partial charge in [-0.05, 0) is 26.2 Å². The first-order valence-corrected chi connectivity index (χ1v) is 4.77. The van der Waals surface area contributed by atoms with Crippen molar-refractivity contribution in [2.75, 3.05) is 0 Å². The van der Waals surface area contributed by atoms with Gasteiger partial charge in [-0.2, -0.15) is 0 Å². The summed E-state index contributed by atoms with van der Waals surface area (Å²) in [6, 6.07) is 0. The molecule has 0 saturated carbocycles. The molecule has 0 amide bonds. The predicted octanol–water partition coefficient (Wildman–Crippen LogP) is 3.42. The summed E-state index contributed by atoms with van der Waals surface area (Å²) in [5.41, 5.74) is 4.06. The van der Waals surface area contributed by atoms with Crippen molar-refractivity contribution in [3.63, 3.8) is 0 Å². The van der Waals surface area contributed by atoms with Crippen LogP contribution in [0.2, 0.25) is 0 Å². The molecular formula is C11H19N. The highest BCUT2D eigenvalue weighted by molar-refractivity contribution is 5.91. The van der Waals surface area contributed by atoms with Gasteiger partial charge in [0.15, 0.2) is 0 Å². The molecule has 1 aliphatic rings. The average molecular weight is 165 g/mol. The van der Waals surface area contributed by atoms with E-state index in [0.29, 0.717) is 11.8 Å². The molecule has 0 aliphatic carbocycles. The second-order valence-electron chi connectivity index (χ2n) is 4.24. The summed E-state index contributed by atoms with van der Waals surface area (Å²) in [5.74, 6) is 1.27. The maximum Gasteiger partial charge on any atom is 0.0396 e. The van der Waals surface area contributed by atoms with Crippen molar-refractivity contribution in [2.24, 2.45) is 16.8 Å². The zero-order chi connectivity index (χ0) is 9.30. The van der Waals surface area contributed by atoms with E-state index in [1.54, 1.807) is 0 Å². The van der Waals surface area contributed by atoms with Crippen molar-refractivity contribution in [3.8, 4) is 0 Å². The van der Waals surface area contributed by atoms with Crippen LogP contribution in [0.4, 0.5) is 0 Å². The monoisotopic (exact) mass is 165 g/mol. The van der Waals surface area contributed by atoms with Crippen LogP contribution in [0.3, 0.4) is 0 Å². The summed E-state index contributed by atoms with van der Waals surface area (Å²) in [4.78, 5) is 4.66. The number of allylic oxidation sites excluding steroid dienone is 2. The van der Waals surface area contributed by atoms with Gasteiger partial charge in [0.05, 0.1) is 0 Å². The molecule has 0 saturated heterocycles. The summed E-state index contributed by atoms with van der Waals surface area (Å²) < 4.78 is 0. The molecule has 1 atom stereocenters. The highest BCUT2D eigenvalue weighted by Crippen LogP contribution is 2.28. The van der Waals surface area contributed by atoms with E-state index in [1.807, 2.05) is 0 Å². The van der Waals surface area contributed by atoms with Gasteiger partial charge in [-0.3, -0.25) is 4.99 Å². The molecule has 0 radical (unpaired) electrons. The third-order valence-corrected chi connectivity index (χ3v) is 2.44. The van der Waals surface area contributed by atoms with E-state index in [-0.39, 0.29) is 0 Å². The molecule has 0 N–H and O–H groups in total. The van der Waals surface area contributed by atoms with Gasteiger partial charge < -0.3 is 0 Å². The van der Waals surface area contributed by atoms with Crippen molar-refractivity contribution >= 4 is 5.71 Å². The van der Waals surface area contributed by atoms with E-state index in [0.717, 1.165) is 6.42 Å². The van der Waals surface area contributed by atoms with Crippen LogP contribution in [-0.2, 0) is 0 Å². The van der Waals surface area contributed by atoms with Crippen LogP contribution in [0.5, 0.6) is 0 Å². The normalized spacial score (nSPS) is 23.3. The molecule has 0 aromatic rings. The minimum atomic E-state index is 0.608. The van der Waals surface area contributed by atoms with Gasteiger partial charge in [0, 0.05) is 17.3 Å². The smallest absolute Gasteiger partial charge is 0.0396 e. The number of hydrogen-bond acceptors (Lipinski definition) is 1. The second-order valence-corrected chi connectivity index (χ2v) is 4.24. The van der Waals surface area contributed by atoms with Crippen LogP contribution >= 0.6 is 0 Å². The zero-order valence-electron chi connectivity index (χ0n) is 8.81. The highest BCUT2D eigenvalue weighted by Gasteiger charge is 2.22. The van der Waals surface area contributed by atoms with Crippen LogP contribution in [-0.4, -0.2) is 5.71 Å². The standard InChI is InChI=1S/C11H19N/c1-7(2)10-6-9(5)11(12-10)8(3)4/h8-9H,6H2,1-5H3. The van der Waals surface area contributed by atoms with Crippen molar-refractivity contribution in [2.45, 2.75) is 41.0 Å². The van der Waals surface area contributed by atoms with Crippen molar-refractivity contribution in [1.29, 1.82) is 0 Å². The molecule has 1 rings (SSSR count). The fourth-order valence-electron chi connectivity index (χ4n) is 1.72. The van der Waals surface area contributed by atoms with E-state index < -0.39 is 0 Å². The van der Waals surface area contributed by atoms with E-state index >= 15 is 0 Å². The van der Waals surface area contributed by atoms with Gasteiger partial charge in [0.1, 0.15) is 0 Å². The van der Waals surface area contributed by atoms with Crippen molar-refractivity contribution in [1.82, 2.24) is 0 Å². The van der Waals surface area contributed by atoms with E-state index in [2.05, 4.69) is 39.6 Å². The highest BCUT2D eigenvalue weighted by atomic mass is 14.8. The first-order valence-electron chi connectivity index (χ1n) is 4.77. The Morgan fingerprint density at radius 1 is 1.42 bits per heavy atom. The van der Waals surface area contributed by atoms with Gasteiger partial charge in [0.2, 0.25) is 0 Å². The molecule has 1 heterocycles. The van der Waals surface area contributed by atoms with Crippen LogP contribution in [0, 0.1) is 11.8 Å². The Morgan fingerprint density at radius 2 is 2.00 bits per heavy atom. The number of aliphatic imine (C=N–C) groups is 1. The first kappa shape index (κ1) is 9.50. The molecule has 12 heavy (non-hydrogen) atoms. The summed E-state index contributed by atoms with van der Waals surface area (Å²) in [5, 5.41) is 0. The molecule has 0 aromatic heterocycles. The SMILES string of the molecule is CC(C)=C1CC(C)C(C(C)C)=N1. The van der Waals surface area contributed by atoms with Crippen LogP contribution in [0.25, 0.3) is 0 Å². The lowest BCUT2D eigenvalue weighted by molar-refractivity contribution is 0.736. The number of rotatable bonds is 1. The Morgan fingerprint density at radius 3 is 2.25 bits per heavy atom. The summed E-state index contributed by atoms with van der Waals surface area (Å²) >= 11 is 0. The Bertz CT molecular complexity index is 229. The minimum Gasteiger partial charge on any atom is -0.262 e. The largest absolute Gasteiger partial charge is 0.262 e. The lowest BCUT2D eigenvalue weighted by Gasteiger charge is -2.08. The van der Waals surface area contributed by atoms with E-state index in [9.17, 15) is 0 Å². The van der Waals surface area contributed by atoms with Crippen LogP contribution in [0.1, 0.15) is 41.0 Å². The topological polar surface area (TPSA) is 12.4 Å². The molecule has 68 valence electrons. The predicted molar refractivity (Wildman–Crippen MR) is 54.4 cm³/mol. The minimum absolute atomic E-state index is 0.608. The molecule has 1 nitrogen and oxygen atoms in total. The Kier molecular flexibility index (Phi) is 2.71. The van der Waals surface area contributed by atoms with Crippen molar-refractivity contribution < 1.29 is 0 Å². The Labute approximate surface area is 75.6 Å². The van der Waals surface area contributed by atoms with Crippen LogP contribution < -0.4 is 0 Å². The van der Waals surface area contributed by atoms with Gasteiger partial charge in [0.25, 0.3) is 0 Å². The fourth-order valence-corrected chi connectivity index (χ4v) is 1.72. The zero-order valence-corrected chi connectivity index (χ0v) is 8.81. The maximum absolute atomic E-state index is 4.66. The molecule has 0 spiro atoms. The first-order chi connectivity index (χ1) is 5.52. The van der Waals surface area contributed by atoms with Gasteiger partial charge in [-0.15, -0.1) is 0 Å². The van der Waals surface area contributed by atoms with Gasteiger partial charge in [-0.1, -0.05) is 26.3 Å². The van der Waals surface area contributed by atoms with Crippen LogP contribution in [0.15, 0.2) is 16.3 Å². The fraction of sp³-hybridized carbons (Fsp3) is 0.727. The number of nitrogens with zero attached hydrogens (tertiary/aromatic N) is 1. The quantitative estimate of drug-likeness (QED) is 0.564. The molecule has 0 aromatic carbocycles. The van der Waals surface area contributed by atoms with Gasteiger partial charge in [-0.25, -0.2) is 0 Å². The maximum atomic E-state index is 4.66. The molecule has 1 unspecified atom stereocenters. The molecular weight excluding hydrogens is 146 g/mol. The lowest BCUT2D eigenvalue weighted by atomic mass is 9.95. The molecule has 1 heteroatoms. The Hall–Kier alpha value is -0.590. The molecule has 0 bridgehead atoms. The third kappa shape index (κ3) is 1.77. The third-order valence-electron chi connectivity index (χ3n) is 2.44. The van der Waals surface area contributed by atoms with E-state index in [1.165, 1.54) is 17.0 Å². The van der Waals surface area contributed by atoms with E-state index in [4.69, 9.17) is 0 Å². The second kappa shape index (κ2) is 3.42. The lowest BCUT2D eigenvalue weighted by Crippen LogP contribution is -2.12. The summed E-state index contributed by atoms with van der Waals surface area (Å²) in [6.45, 7) is 11.0. The van der Waals surface area contributed by atoms with Crippen molar-refractivity contribution in [3.05, 3.63) is 11.3 Å². The number of hydrogen-bond donors (Lipinski definition) is 0. The van der Waals surface area contributed by atoms with Gasteiger partial charge >= 0.3 is 0 Å². The summed E-state index contributed by atoms with van der Waals surface area (Å²) in [7, 11) is 0. The molecule has 0 fully saturated rings. The average Bonchev–Trinajstić information content (AvgIpc) is 2.30. The Balaban J connectivity index is 2.89. The molecule has 1 aliphatic heterocycles. The summed E-state index contributed by atoms with van der Waals surface area (Å²) in [6.07, 6.45) is 1.15.